The first kappa shape index (κ1) is 12.3. The number of nitrogens with zero attached hydrogens (tertiary/aromatic N) is 2. The quantitative estimate of drug-likeness (QED) is 0.869. The zero-order chi connectivity index (χ0) is 11.6. The maximum atomic E-state index is 12.1. The molecule has 1 heterocycles. The standard InChI is InChI=1S/C9H15F2N3S/c1-5(12)8-6(2)13-9(15-8)14(3)4-7(10)11/h5,7H,4,12H2,1-3H3. The fourth-order valence-electron chi connectivity index (χ4n) is 1.26. The van der Waals surface area contributed by atoms with Crippen molar-refractivity contribution in [2.75, 3.05) is 18.5 Å². The molecule has 0 aliphatic rings. The van der Waals surface area contributed by atoms with Crippen molar-refractivity contribution in [3.05, 3.63) is 10.6 Å². The number of alkyl halides is 2. The van der Waals surface area contributed by atoms with Gasteiger partial charge in [0.1, 0.15) is 0 Å². The van der Waals surface area contributed by atoms with E-state index in [4.69, 9.17) is 5.73 Å². The number of nitrogens with two attached hydrogens (primary N) is 1. The van der Waals surface area contributed by atoms with Gasteiger partial charge in [-0.15, -0.1) is 11.3 Å². The van der Waals surface area contributed by atoms with Crippen molar-refractivity contribution in [2.45, 2.75) is 26.3 Å². The van der Waals surface area contributed by atoms with E-state index in [1.165, 1.54) is 16.2 Å². The minimum Gasteiger partial charge on any atom is -0.345 e. The summed E-state index contributed by atoms with van der Waals surface area (Å²) < 4.78 is 24.3. The third-order valence-electron chi connectivity index (χ3n) is 1.97. The number of halogens is 2. The lowest BCUT2D eigenvalue weighted by Crippen LogP contribution is -2.23. The van der Waals surface area contributed by atoms with Crippen molar-refractivity contribution in [2.24, 2.45) is 5.73 Å². The van der Waals surface area contributed by atoms with Crippen molar-refractivity contribution < 1.29 is 8.78 Å². The lowest BCUT2D eigenvalue weighted by Gasteiger charge is -2.14. The fourth-order valence-corrected chi connectivity index (χ4v) is 2.25. The third-order valence-corrected chi connectivity index (χ3v) is 3.45. The topological polar surface area (TPSA) is 42.2 Å². The lowest BCUT2D eigenvalue weighted by atomic mass is 10.2. The number of rotatable bonds is 4. The molecular formula is C9H15F2N3S. The summed E-state index contributed by atoms with van der Waals surface area (Å²) in [6, 6.07) is -0.101. The zero-order valence-electron chi connectivity index (χ0n) is 9.00. The maximum absolute atomic E-state index is 12.1. The Hall–Kier alpha value is -0.750. The fraction of sp³-hybridized carbons (Fsp3) is 0.667. The van der Waals surface area contributed by atoms with Crippen LogP contribution in [0, 0.1) is 6.92 Å². The molecule has 2 N–H and O–H groups in total. The normalized spacial score (nSPS) is 13.3. The molecular weight excluding hydrogens is 220 g/mol. The van der Waals surface area contributed by atoms with Crippen LogP contribution in [0.25, 0.3) is 0 Å². The first-order valence-corrected chi connectivity index (χ1v) is 5.45. The lowest BCUT2D eigenvalue weighted by molar-refractivity contribution is 0.156. The van der Waals surface area contributed by atoms with Gasteiger partial charge in [-0.2, -0.15) is 0 Å². The molecule has 0 spiro atoms. The molecule has 0 amide bonds. The number of aromatic nitrogens is 1. The molecule has 1 rings (SSSR count). The summed E-state index contributed by atoms with van der Waals surface area (Å²) in [5, 5.41) is 0.597. The van der Waals surface area contributed by atoms with Crippen LogP contribution in [-0.2, 0) is 0 Å². The molecule has 0 aromatic carbocycles. The van der Waals surface area contributed by atoms with Crippen LogP contribution in [0.1, 0.15) is 23.5 Å². The van der Waals surface area contributed by atoms with Crippen molar-refractivity contribution in [3.8, 4) is 0 Å². The van der Waals surface area contributed by atoms with Gasteiger partial charge in [-0.3, -0.25) is 0 Å². The first-order chi connectivity index (χ1) is 6.91. The van der Waals surface area contributed by atoms with Crippen LogP contribution >= 0.6 is 11.3 Å². The number of anilines is 1. The monoisotopic (exact) mass is 235 g/mol. The van der Waals surface area contributed by atoms with E-state index in [0.717, 1.165) is 10.6 Å². The summed E-state index contributed by atoms with van der Waals surface area (Å²) in [6.45, 7) is 3.40. The summed E-state index contributed by atoms with van der Waals surface area (Å²) in [4.78, 5) is 6.62. The van der Waals surface area contributed by atoms with E-state index < -0.39 is 6.43 Å². The van der Waals surface area contributed by atoms with Crippen molar-refractivity contribution >= 4 is 16.5 Å². The third kappa shape index (κ3) is 3.10. The van der Waals surface area contributed by atoms with Gasteiger partial charge in [0.15, 0.2) is 5.13 Å². The molecule has 0 radical (unpaired) electrons. The Morgan fingerprint density at radius 2 is 2.13 bits per heavy atom. The summed E-state index contributed by atoms with van der Waals surface area (Å²) in [5.41, 5.74) is 6.56. The van der Waals surface area contributed by atoms with E-state index in [9.17, 15) is 8.78 Å². The molecule has 1 aromatic heterocycles. The van der Waals surface area contributed by atoms with E-state index in [2.05, 4.69) is 4.98 Å². The van der Waals surface area contributed by atoms with Gasteiger partial charge in [0.2, 0.25) is 0 Å². The molecule has 0 saturated carbocycles. The highest BCUT2D eigenvalue weighted by Crippen LogP contribution is 2.29. The summed E-state index contributed by atoms with van der Waals surface area (Å²) in [7, 11) is 1.61. The average molecular weight is 235 g/mol. The molecule has 86 valence electrons. The van der Waals surface area contributed by atoms with Gasteiger partial charge >= 0.3 is 0 Å². The summed E-state index contributed by atoms with van der Waals surface area (Å²) in [5.74, 6) is 0. The van der Waals surface area contributed by atoms with Crippen LogP contribution in [-0.4, -0.2) is 25.0 Å². The van der Waals surface area contributed by atoms with Crippen LogP contribution in [0.4, 0.5) is 13.9 Å². The maximum Gasteiger partial charge on any atom is 0.255 e. The second-order valence-electron chi connectivity index (χ2n) is 3.51. The van der Waals surface area contributed by atoms with Gasteiger partial charge in [0.05, 0.1) is 12.2 Å². The Labute approximate surface area is 91.9 Å². The van der Waals surface area contributed by atoms with Crippen LogP contribution in [0.15, 0.2) is 0 Å². The molecule has 3 nitrogen and oxygen atoms in total. The molecule has 1 aromatic rings. The van der Waals surface area contributed by atoms with Gasteiger partial charge in [0.25, 0.3) is 6.43 Å². The Morgan fingerprint density at radius 3 is 2.53 bits per heavy atom. The van der Waals surface area contributed by atoms with Crippen LogP contribution in [0.2, 0.25) is 0 Å². The molecule has 0 saturated heterocycles. The first-order valence-electron chi connectivity index (χ1n) is 4.64. The molecule has 1 unspecified atom stereocenters. The van der Waals surface area contributed by atoms with Crippen LogP contribution in [0.5, 0.6) is 0 Å². The van der Waals surface area contributed by atoms with E-state index in [-0.39, 0.29) is 12.6 Å². The predicted molar refractivity (Wildman–Crippen MR) is 58.7 cm³/mol. The molecule has 15 heavy (non-hydrogen) atoms. The molecule has 0 aliphatic heterocycles. The van der Waals surface area contributed by atoms with Crippen LogP contribution < -0.4 is 10.6 Å². The smallest absolute Gasteiger partial charge is 0.255 e. The summed E-state index contributed by atoms with van der Waals surface area (Å²) >= 11 is 1.37. The Bertz CT molecular complexity index is 325. The molecule has 6 heteroatoms. The Balaban J connectivity index is 2.82. The van der Waals surface area contributed by atoms with Gasteiger partial charge in [0, 0.05) is 18.0 Å². The number of thiazole rings is 1. The Kier molecular flexibility index (Phi) is 3.98. The highest BCUT2D eigenvalue weighted by Gasteiger charge is 2.16. The van der Waals surface area contributed by atoms with E-state index >= 15 is 0 Å². The second-order valence-corrected chi connectivity index (χ2v) is 4.52. The van der Waals surface area contributed by atoms with E-state index in [1.807, 2.05) is 13.8 Å². The number of aryl methyl sites for hydroxylation is 1. The van der Waals surface area contributed by atoms with Gasteiger partial charge in [-0.1, -0.05) is 0 Å². The zero-order valence-corrected chi connectivity index (χ0v) is 9.81. The van der Waals surface area contributed by atoms with E-state index in [1.54, 1.807) is 7.05 Å². The highest BCUT2D eigenvalue weighted by molar-refractivity contribution is 7.15. The van der Waals surface area contributed by atoms with E-state index in [0.29, 0.717) is 5.13 Å². The summed E-state index contributed by atoms with van der Waals surface area (Å²) in [6.07, 6.45) is -2.35. The minimum absolute atomic E-state index is 0.101. The number of hydrogen-bond acceptors (Lipinski definition) is 4. The molecule has 0 bridgehead atoms. The molecule has 0 fully saturated rings. The highest BCUT2D eigenvalue weighted by atomic mass is 32.1. The average Bonchev–Trinajstić information content (AvgIpc) is 2.46. The number of hydrogen-bond donors (Lipinski definition) is 1. The van der Waals surface area contributed by atoms with Gasteiger partial charge in [-0.25, -0.2) is 13.8 Å². The molecule has 0 aliphatic carbocycles. The van der Waals surface area contributed by atoms with Gasteiger partial charge in [-0.05, 0) is 13.8 Å². The largest absolute Gasteiger partial charge is 0.345 e. The molecule has 1 atom stereocenters. The van der Waals surface area contributed by atoms with Crippen molar-refractivity contribution in [3.63, 3.8) is 0 Å². The van der Waals surface area contributed by atoms with Gasteiger partial charge < -0.3 is 10.6 Å². The van der Waals surface area contributed by atoms with Crippen LogP contribution in [0.3, 0.4) is 0 Å². The predicted octanol–water partition coefficient (Wildman–Crippen LogP) is 2.17. The van der Waals surface area contributed by atoms with Crippen molar-refractivity contribution in [1.82, 2.24) is 4.98 Å². The SMILES string of the molecule is Cc1nc(N(C)CC(F)F)sc1C(C)N. The Morgan fingerprint density at radius 1 is 1.53 bits per heavy atom. The minimum atomic E-state index is -2.35. The van der Waals surface area contributed by atoms with Crippen molar-refractivity contribution in [1.29, 1.82) is 0 Å². The second kappa shape index (κ2) is 4.85.